The molecular weight excluding hydrogens is 326 g/mol. The first-order chi connectivity index (χ1) is 11.5. The zero-order valence-corrected chi connectivity index (χ0v) is 14.3. The molecule has 0 amide bonds. The van der Waals surface area contributed by atoms with E-state index in [9.17, 15) is 8.42 Å². The average molecular weight is 347 g/mol. The maximum atomic E-state index is 13.0. The van der Waals surface area contributed by atoms with E-state index in [2.05, 4.69) is 5.32 Å². The van der Waals surface area contributed by atoms with Crippen molar-refractivity contribution in [3.63, 3.8) is 0 Å². The second-order valence-electron chi connectivity index (χ2n) is 5.78. The number of aryl methyl sites for hydroxylation is 1. The number of nitrogens with one attached hydrogen (secondary N) is 1. The summed E-state index contributed by atoms with van der Waals surface area (Å²) in [7, 11) is -3.60. The summed E-state index contributed by atoms with van der Waals surface area (Å²) in [6.45, 7) is 4.08. The lowest BCUT2D eigenvalue weighted by Gasteiger charge is -2.27. The van der Waals surface area contributed by atoms with Crippen LogP contribution in [0.3, 0.4) is 0 Å². The first-order valence-electron chi connectivity index (χ1n) is 7.82. The average Bonchev–Trinajstić information content (AvgIpc) is 2.59. The lowest BCUT2D eigenvalue weighted by Crippen LogP contribution is -2.46. The van der Waals surface area contributed by atoms with Gasteiger partial charge in [0, 0.05) is 31.9 Å². The van der Waals surface area contributed by atoms with Crippen molar-refractivity contribution in [3.8, 4) is 11.5 Å². The van der Waals surface area contributed by atoms with Gasteiger partial charge in [-0.15, -0.1) is 0 Å². The Morgan fingerprint density at radius 2 is 1.75 bits per heavy atom. The molecule has 1 fully saturated rings. The summed E-state index contributed by atoms with van der Waals surface area (Å²) in [5, 5.41) is 3.16. The molecule has 2 aromatic carbocycles. The highest BCUT2D eigenvalue weighted by Crippen LogP contribution is 2.32. The van der Waals surface area contributed by atoms with Gasteiger partial charge in [-0.2, -0.15) is 4.31 Å². The van der Waals surface area contributed by atoms with Crippen molar-refractivity contribution in [2.24, 2.45) is 0 Å². The van der Waals surface area contributed by atoms with E-state index in [0.29, 0.717) is 43.4 Å². The van der Waals surface area contributed by atoms with Crippen LogP contribution >= 0.6 is 0 Å². The molecule has 3 N–H and O–H groups in total. The summed E-state index contributed by atoms with van der Waals surface area (Å²) >= 11 is 0. The monoisotopic (exact) mass is 347 g/mol. The van der Waals surface area contributed by atoms with E-state index in [0.717, 1.165) is 5.56 Å². The van der Waals surface area contributed by atoms with Crippen LogP contribution in [0, 0.1) is 6.92 Å². The molecule has 0 spiro atoms. The molecule has 2 aromatic rings. The third-order valence-corrected chi connectivity index (χ3v) is 5.82. The van der Waals surface area contributed by atoms with Crippen molar-refractivity contribution in [3.05, 3.63) is 48.0 Å². The molecule has 0 bridgehead atoms. The van der Waals surface area contributed by atoms with Crippen LogP contribution in [-0.4, -0.2) is 38.9 Å². The molecule has 7 heteroatoms. The molecule has 1 aliphatic heterocycles. The smallest absolute Gasteiger partial charge is 0.246 e. The van der Waals surface area contributed by atoms with Crippen LogP contribution < -0.4 is 15.8 Å². The van der Waals surface area contributed by atoms with Crippen molar-refractivity contribution in [2.75, 3.05) is 31.9 Å². The number of sulfonamides is 1. The molecule has 1 aliphatic rings. The highest BCUT2D eigenvalue weighted by atomic mass is 32.2. The third-order valence-electron chi connectivity index (χ3n) is 3.90. The van der Waals surface area contributed by atoms with E-state index in [1.54, 1.807) is 36.4 Å². The van der Waals surface area contributed by atoms with Crippen LogP contribution in [0.25, 0.3) is 0 Å². The van der Waals surface area contributed by atoms with Crippen LogP contribution in [0.1, 0.15) is 5.56 Å². The topological polar surface area (TPSA) is 84.7 Å². The largest absolute Gasteiger partial charge is 0.456 e. The van der Waals surface area contributed by atoms with E-state index in [1.165, 1.54) is 4.31 Å². The fourth-order valence-electron chi connectivity index (χ4n) is 2.59. The van der Waals surface area contributed by atoms with Gasteiger partial charge in [-0.25, -0.2) is 8.42 Å². The summed E-state index contributed by atoms with van der Waals surface area (Å²) in [4.78, 5) is 0.196. The van der Waals surface area contributed by atoms with E-state index < -0.39 is 10.0 Å². The van der Waals surface area contributed by atoms with Gasteiger partial charge in [0.2, 0.25) is 10.0 Å². The predicted octanol–water partition coefficient (Wildman–Crippen LogP) is 1.96. The molecule has 0 radical (unpaired) electrons. The fraction of sp³-hybridized carbons (Fsp3) is 0.294. The Bertz CT molecular complexity index is 813. The first kappa shape index (κ1) is 16.8. The summed E-state index contributed by atoms with van der Waals surface area (Å²) in [6, 6.07) is 12.1. The summed E-state index contributed by atoms with van der Waals surface area (Å²) in [6.07, 6.45) is 0. The predicted molar refractivity (Wildman–Crippen MR) is 93.7 cm³/mol. The lowest BCUT2D eigenvalue weighted by atomic mass is 10.2. The third kappa shape index (κ3) is 3.53. The number of nitrogens with two attached hydrogens (primary N) is 1. The standard InChI is InChI=1S/C17H21N3O3S/c1-13-2-7-16(23-15-5-3-14(18)4-6-15)17(12-13)24(21,22)20-10-8-19-9-11-20/h2-7,12,19H,8-11,18H2,1H3. The van der Waals surface area contributed by atoms with E-state index in [1.807, 2.05) is 13.0 Å². The number of rotatable bonds is 4. The van der Waals surface area contributed by atoms with Gasteiger partial charge in [0.05, 0.1) is 0 Å². The molecule has 128 valence electrons. The van der Waals surface area contributed by atoms with E-state index >= 15 is 0 Å². The van der Waals surface area contributed by atoms with Crippen LogP contribution in [0.15, 0.2) is 47.4 Å². The zero-order chi connectivity index (χ0) is 17.2. The van der Waals surface area contributed by atoms with Crippen molar-refractivity contribution in [1.29, 1.82) is 0 Å². The molecule has 3 rings (SSSR count). The summed E-state index contributed by atoms with van der Waals surface area (Å²) in [5.41, 5.74) is 7.17. The van der Waals surface area contributed by atoms with Crippen molar-refractivity contribution in [1.82, 2.24) is 9.62 Å². The van der Waals surface area contributed by atoms with Crippen LogP contribution in [-0.2, 0) is 10.0 Å². The van der Waals surface area contributed by atoms with E-state index in [-0.39, 0.29) is 4.90 Å². The van der Waals surface area contributed by atoms with Crippen molar-refractivity contribution < 1.29 is 13.2 Å². The van der Waals surface area contributed by atoms with Gasteiger partial charge in [0.15, 0.2) is 0 Å². The highest BCUT2D eigenvalue weighted by molar-refractivity contribution is 7.89. The zero-order valence-electron chi connectivity index (χ0n) is 13.5. The lowest BCUT2D eigenvalue weighted by molar-refractivity contribution is 0.358. The van der Waals surface area contributed by atoms with Gasteiger partial charge in [-0.3, -0.25) is 0 Å². The maximum Gasteiger partial charge on any atom is 0.246 e. The quantitative estimate of drug-likeness (QED) is 0.826. The Labute approximate surface area is 142 Å². The van der Waals surface area contributed by atoms with Crippen molar-refractivity contribution >= 4 is 15.7 Å². The van der Waals surface area contributed by atoms with Crippen LogP contribution in [0.5, 0.6) is 11.5 Å². The number of benzene rings is 2. The minimum absolute atomic E-state index is 0.196. The molecule has 0 unspecified atom stereocenters. The molecule has 0 aliphatic carbocycles. The molecule has 1 saturated heterocycles. The summed E-state index contributed by atoms with van der Waals surface area (Å²) < 4.78 is 33.3. The Balaban J connectivity index is 1.97. The Morgan fingerprint density at radius 3 is 2.42 bits per heavy atom. The molecule has 24 heavy (non-hydrogen) atoms. The maximum absolute atomic E-state index is 13.0. The second kappa shape index (κ2) is 6.80. The van der Waals surface area contributed by atoms with Crippen LogP contribution in [0.4, 0.5) is 5.69 Å². The molecular formula is C17H21N3O3S. The Morgan fingerprint density at radius 1 is 1.08 bits per heavy atom. The van der Waals surface area contributed by atoms with Crippen molar-refractivity contribution in [2.45, 2.75) is 11.8 Å². The SMILES string of the molecule is Cc1ccc(Oc2ccc(N)cc2)c(S(=O)(=O)N2CCNCC2)c1. The molecule has 0 saturated carbocycles. The van der Waals surface area contributed by atoms with Gasteiger partial charge in [-0.05, 0) is 48.9 Å². The van der Waals surface area contributed by atoms with Gasteiger partial charge >= 0.3 is 0 Å². The van der Waals surface area contributed by atoms with Gasteiger partial charge in [0.1, 0.15) is 16.4 Å². The first-order valence-corrected chi connectivity index (χ1v) is 9.26. The highest BCUT2D eigenvalue weighted by Gasteiger charge is 2.29. The molecule has 0 aromatic heterocycles. The van der Waals surface area contributed by atoms with Gasteiger partial charge in [0.25, 0.3) is 0 Å². The second-order valence-corrected chi connectivity index (χ2v) is 7.68. The minimum atomic E-state index is -3.60. The van der Waals surface area contributed by atoms with Crippen LogP contribution in [0.2, 0.25) is 0 Å². The number of nitrogens with zero attached hydrogens (tertiary/aromatic N) is 1. The molecule has 1 heterocycles. The Hall–Kier alpha value is -2.09. The number of anilines is 1. The molecule has 0 atom stereocenters. The minimum Gasteiger partial charge on any atom is -0.456 e. The van der Waals surface area contributed by atoms with Gasteiger partial charge in [-0.1, -0.05) is 6.07 Å². The fourth-order valence-corrected chi connectivity index (χ4v) is 4.23. The number of nitrogen functional groups attached to an aromatic ring is 1. The molecule has 6 nitrogen and oxygen atoms in total. The Kier molecular flexibility index (Phi) is 4.75. The van der Waals surface area contributed by atoms with Gasteiger partial charge < -0.3 is 15.8 Å². The number of hydrogen-bond acceptors (Lipinski definition) is 5. The number of ether oxygens (including phenoxy) is 1. The number of hydrogen-bond donors (Lipinski definition) is 2. The normalized spacial score (nSPS) is 16.0. The van der Waals surface area contributed by atoms with E-state index in [4.69, 9.17) is 10.5 Å². The number of piperazine rings is 1. The summed E-state index contributed by atoms with van der Waals surface area (Å²) in [5.74, 6) is 0.869.